The fourth-order valence-corrected chi connectivity index (χ4v) is 4.68. The van der Waals surface area contributed by atoms with E-state index in [0.29, 0.717) is 35.3 Å². The highest BCUT2D eigenvalue weighted by Gasteiger charge is 2.19. The number of hydrogen-bond donors (Lipinski definition) is 2. The monoisotopic (exact) mass is 478 g/mol. The van der Waals surface area contributed by atoms with Crippen LogP contribution in [-0.4, -0.2) is 49.4 Å². The van der Waals surface area contributed by atoms with Gasteiger partial charge in [0, 0.05) is 31.3 Å². The lowest BCUT2D eigenvalue weighted by molar-refractivity contribution is 0.182. The first-order valence-electron chi connectivity index (χ1n) is 12.0. The molecule has 2 aromatic carbocycles. The van der Waals surface area contributed by atoms with Gasteiger partial charge in [-0.15, -0.1) is 0 Å². The number of rotatable bonds is 9. The molecule has 35 heavy (non-hydrogen) atoms. The van der Waals surface area contributed by atoms with E-state index in [2.05, 4.69) is 10.2 Å². The molecule has 1 aliphatic rings. The van der Waals surface area contributed by atoms with E-state index in [1.807, 2.05) is 18.2 Å². The van der Waals surface area contributed by atoms with Gasteiger partial charge in [-0.1, -0.05) is 6.07 Å². The summed E-state index contributed by atoms with van der Waals surface area (Å²) in [6, 6.07) is 12.7. The Balaban J connectivity index is 1.09. The number of furan rings is 1. The Kier molecular flexibility index (Phi) is 6.92. The van der Waals surface area contributed by atoms with Crippen LogP contribution in [-0.2, 0) is 6.54 Å². The molecule has 0 saturated carbocycles. The number of ether oxygens (including phenoxy) is 2. The number of piperidine rings is 1. The van der Waals surface area contributed by atoms with Crippen LogP contribution in [0.2, 0.25) is 0 Å². The van der Waals surface area contributed by atoms with Gasteiger partial charge >= 0.3 is 5.63 Å². The van der Waals surface area contributed by atoms with Gasteiger partial charge in [-0.2, -0.15) is 0 Å². The van der Waals surface area contributed by atoms with Crippen LogP contribution < -0.4 is 20.4 Å². The zero-order chi connectivity index (χ0) is 24.2. The van der Waals surface area contributed by atoms with Crippen LogP contribution in [0, 0.1) is 0 Å². The van der Waals surface area contributed by atoms with Crippen molar-refractivity contribution in [1.29, 1.82) is 0 Å². The highest BCUT2D eigenvalue weighted by Crippen LogP contribution is 2.35. The fourth-order valence-electron chi connectivity index (χ4n) is 4.68. The summed E-state index contributed by atoms with van der Waals surface area (Å²) >= 11 is 0. The van der Waals surface area contributed by atoms with Gasteiger partial charge in [0.25, 0.3) is 0 Å². The van der Waals surface area contributed by atoms with Crippen LogP contribution in [0.25, 0.3) is 21.9 Å². The predicted octanol–water partition coefficient (Wildman–Crippen LogP) is 4.28. The molecular weight excluding hydrogens is 448 g/mol. The molecule has 2 N–H and O–H groups in total. The summed E-state index contributed by atoms with van der Waals surface area (Å²) in [6.07, 6.45) is 4.70. The zero-order valence-corrected chi connectivity index (χ0v) is 19.8. The van der Waals surface area contributed by atoms with Crippen molar-refractivity contribution in [1.82, 2.24) is 10.2 Å². The van der Waals surface area contributed by atoms with E-state index < -0.39 is 5.63 Å². The summed E-state index contributed by atoms with van der Waals surface area (Å²) in [6.45, 7) is 4.38. The Labute approximate surface area is 203 Å². The number of likely N-dealkylation sites (tertiary alicyclic amines) is 1. The van der Waals surface area contributed by atoms with E-state index in [-0.39, 0.29) is 5.75 Å². The molecular formula is C27H30N2O6. The number of methoxy groups -OCH3 is 1. The van der Waals surface area contributed by atoms with Gasteiger partial charge in [-0.05, 0) is 62.2 Å². The molecule has 0 bridgehead atoms. The molecule has 0 atom stereocenters. The van der Waals surface area contributed by atoms with E-state index >= 15 is 0 Å². The maximum absolute atomic E-state index is 11.6. The topological polar surface area (TPSA) is 97.3 Å². The van der Waals surface area contributed by atoms with Gasteiger partial charge in [0.05, 0.1) is 30.8 Å². The Morgan fingerprint density at radius 1 is 1.09 bits per heavy atom. The van der Waals surface area contributed by atoms with Crippen LogP contribution in [0.5, 0.6) is 17.2 Å². The third-order valence-electron chi connectivity index (χ3n) is 6.60. The number of hydrogen-bond acceptors (Lipinski definition) is 8. The average molecular weight is 479 g/mol. The zero-order valence-electron chi connectivity index (χ0n) is 19.8. The summed E-state index contributed by atoms with van der Waals surface area (Å²) in [4.78, 5) is 14.1. The second kappa shape index (κ2) is 10.4. The van der Waals surface area contributed by atoms with E-state index in [1.165, 1.54) is 6.07 Å². The molecule has 0 spiro atoms. The summed E-state index contributed by atoms with van der Waals surface area (Å²) in [7, 11) is 1.56. The van der Waals surface area contributed by atoms with Crippen LogP contribution in [0.3, 0.4) is 0 Å². The Bertz CT molecular complexity index is 1350. The second-order valence-electron chi connectivity index (χ2n) is 8.91. The van der Waals surface area contributed by atoms with Crippen LogP contribution in [0.4, 0.5) is 0 Å². The molecule has 0 radical (unpaired) electrons. The van der Waals surface area contributed by atoms with E-state index in [1.54, 1.807) is 31.6 Å². The minimum Gasteiger partial charge on any atom is -0.504 e. The molecule has 0 unspecified atom stereocenters. The fraction of sp³-hybridized carbons (Fsp3) is 0.370. The van der Waals surface area contributed by atoms with Crippen LogP contribution in [0.15, 0.2) is 62.4 Å². The van der Waals surface area contributed by atoms with Crippen molar-refractivity contribution < 1.29 is 23.4 Å². The minimum absolute atomic E-state index is 0.162. The van der Waals surface area contributed by atoms with Gasteiger partial charge in [0.15, 0.2) is 11.5 Å². The molecule has 5 rings (SSSR count). The third kappa shape index (κ3) is 5.28. The Morgan fingerprint density at radius 3 is 2.74 bits per heavy atom. The minimum atomic E-state index is -0.393. The first kappa shape index (κ1) is 23.3. The van der Waals surface area contributed by atoms with Crippen LogP contribution in [0.1, 0.15) is 24.8 Å². The first-order chi connectivity index (χ1) is 17.1. The van der Waals surface area contributed by atoms with Crippen molar-refractivity contribution in [2.45, 2.75) is 31.8 Å². The summed E-state index contributed by atoms with van der Waals surface area (Å²) in [5, 5.41) is 15.0. The number of aromatic hydroxyl groups is 1. The third-order valence-corrected chi connectivity index (χ3v) is 6.60. The van der Waals surface area contributed by atoms with Gasteiger partial charge < -0.3 is 33.6 Å². The standard InChI is InChI=1S/C27H30N2O6/c1-32-25-15-18(3-5-22(25)30)17-28-19-7-11-29(12-8-19)10-2-13-34-27-20-4-6-26(31)35-24(20)16-23-21(27)9-14-33-23/h3-6,9,14-16,19,28,30H,2,7-8,10-13,17H2,1H3. The second-order valence-corrected chi connectivity index (χ2v) is 8.91. The summed E-state index contributed by atoms with van der Waals surface area (Å²) in [5.74, 6) is 1.36. The smallest absolute Gasteiger partial charge is 0.336 e. The highest BCUT2D eigenvalue weighted by molar-refractivity contribution is 6.01. The van der Waals surface area contributed by atoms with E-state index in [9.17, 15) is 9.90 Å². The molecule has 2 aromatic heterocycles. The number of fused-ring (bicyclic) bond motifs is 2. The molecule has 1 fully saturated rings. The summed E-state index contributed by atoms with van der Waals surface area (Å²) in [5.41, 5.74) is 1.81. The van der Waals surface area contributed by atoms with Crippen molar-refractivity contribution in [2.24, 2.45) is 0 Å². The van der Waals surface area contributed by atoms with Crippen molar-refractivity contribution in [3.05, 3.63) is 64.7 Å². The average Bonchev–Trinajstić information content (AvgIpc) is 3.34. The largest absolute Gasteiger partial charge is 0.504 e. The predicted molar refractivity (Wildman–Crippen MR) is 133 cm³/mol. The van der Waals surface area contributed by atoms with Gasteiger partial charge in [0.1, 0.15) is 16.9 Å². The van der Waals surface area contributed by atoms with Gasteiger partial charge in [0.2, 0.25) is 0 Å². The molecule has 1 saturated heterocycles. The normalized spacial score (nSPS) is 15.1. The SMILES string of the molecule is COc1cc(CNC2CCN(CCCOc3c4ccoc4cc4oc(=O)ccc34)CC2)ccc1O. The van der Waals surface area contributed by atoms with E-state index in [0.717, 1.165) is 61.8 Å². The summed E-state index contributed by atoms with van der Waals surface area (Å²) < 4.78 is 22.2. The van der Waals surface area contributed by atoms with Crippen molar-refractivity contribution in [2.75, 3.05) is 33.4 Å². The lowest BCUT2D eigenvalue weighted by atomic mass is 10.0. The lowest BCUT2D eigenvalue weighted by Crippen LogP contribution is -2.42. The molecule has 8 heteroatoms. The van der Waals surface area contributed by atoms with Gasteiger partial charge in [-0.3, -0.25) is 0 Å². The van der Waals surface area contributed by atoms with Crippen molar-refractivity contribution in [3.63, 3.8) is 0 Å². The molecule has 3 heterocycles. The van der Waals surface area contributed by atoms with Gasteiger partial charge in [-0.25, -0.2) is 4.79 Å². The molecule has 0 amide bonds. The molecule has 184 valence electrons. The molecule has 8 nitrogen and oxygen atoms in total. The lowest BCUT2D eigenvalue weighted by Gasteiger charge is -2.32. The number of nitrogens with zero attached hydrogens (tertiary/aromatic N) is 1. The first-order valence-corrected chi connectivity index (χ1v) is 12.0. The molecule has 4 aromatic rings. The Morgan fingerprint density at radius 2 is 1.91 bits per heavy atom. The van der Waals surface area contributed by atoms with Crippen molar-refractivity contribution >= 4 is 21.9 Å². The number of phenolic OH excluding ortho intramolecular Hbond substituents is 1. The van der Waals surface area contributed by atoms with Crippen LogP contribution >= 0.6 is 0 Å². The van der Waals surface area contributed by atoms with Crippen molar-refractivity contribution in [3.8, 4) is 17.2 Å². The van der Waals surface area contributed by atoms with E-state index in [4.69, 9.17) is 18.3 Å². The highest BCUT2D eigenvalue weighted by atomic mass is 16.5. The quantitative estimate of drug-likeness (QED) is 0.272. The number of phenols is 1. The maximum Gasteiger partial charge on any atom is 0.336 e. The Hall–Kier alpha value is -3.49. The molecule has 1 aliphatic heterocycles. The molecule has 0 aliphatic carbocycles. The number of benzene rings is 2. The number of nitrogens with one attached hydrogen (secondary N) is 1. The maximum atomic E-state index is 11.6.